The molecule has 1 aromatic rings. The van der Waals surface area contributed by atoms with Crippen LogP contribution < -0.4 is 10.1 Å². The molecule has 0 spiro atoms. The average Bonchev–Trinajstić information content (AvgIpc) is 2.48. The third-order valence-electron chi connectivity index (χ3n) is 4.10. The molecule has 1 aromatic carbocycles. The van der Waals surface area contributed by atoms with Crippen molar-refractivity contribution in [3.05, 3.63) is 29.8 Å². The van der Waals surface area contributed by atoms with Crippen LogP contribution >= 0.6 is 0 Å². The Labute approximate surface area is 122 Å². The van der Waals surface area contributed by atoms with Gasteiger partial charge in [-0.1, -0.05) is 38.5 Å². The fourth-order valence-electron chi connectivity index (χ4n) is 2.97. The lowest BCUT2D eigenvalue weighted by Gasteiger charge is -2.30. The molecule has 3 heteroatoms. The second-order valence-electron chi connectivity index (χ2n) is 5.56. The molecular formula is C17H27NO2. The van der Waals surface area contributed by atoms with E-state index in [1.165, 1.54) is 5.56 Å². The van der Waals surface area contributed by atoms with Crippen molar-refractivity contribution in [2.24, 2.45) is 0 Å². The van der Waals surface area contributed by atoms with Gasteiger partial charge in [-0.05, 0) is 38.3 Å². The van der Waals surface area contributed by atoms with E-state index in [2.05, 4.69) is 31.3 Å². The van der Waals surface area contributed by atoms with Crippen LogP contribution in [0.3, 0.4) is 0 Å². The SMILES string of the molecule is CCNC(CC)c1ccccc1OC1CCCCC1O. The highest BCUT2D eigenvalue weighted by atomic mass is 16.5. The summed E-state index contributed by atoms with van der Waals surface area (Å²) in [4.78, 5) is 0. The number of para-hydroxylation sites is 1. The lowest BCUT2D eigenvalue weighted by atomic mass is 9.94. The molecule has 2 rings (SSSR count). The van der Waals surface area contributed by atoms with Gasteiger partial charge in [0.25, 0.3) is 0 Å². The van der Waals surface area contributed by atoms with Crippen molar-refractivity contribution in [3.8, 4) is 5.75 Å². The zero-order valence-electron chi connectivity index (χ0n) is 12.6. The Morgan fingerprint density at radius 3 is 2.70 bits per heavy atom. The van der Waals surface area contributed by atoms with E-state index in [4.69, 9.17) is 4.74 Å². The summed E-state index contributed by atoms with van der Waals surface area (Å²) >= 11 is 0. The monoisotopic (exact) mass is 277 g/mol. The Kier molecular flexibility index (Phi) is 5.86. The summed E-state index contributed by atoms with van der Waals surface area (Å²) in [7, 11) is 0. The van der Waals surface area contributed by atoms with Crippen molar-refractivity contribution in [2.45, 2.75) is 64.2 Å². The first kappa shape index (κ1) is 15.3. The Morgan fingerprint density at radius 2 is 2.00 bits per heavy atom. The summed E-state index contributed by atoms with van der Waals surface area (Å²) in [5.41, 5.74) is 1.20. The van der Waals surface area contributed by atoms with Gasteiger partial charge in [0.15, 0.2) is 0 Å². The highest BCUT2D eigenvalue weighted by molar-refractivity contribution is 5.36. The van der Waals surface area contributed by atoms with Gasteiger partial charge in [0.1, 0.15) is 11.9 Å². The van der Waals surface area contributed by atoms with Gasteiger partial charge >= 0.3 is 0 Å². The second kappa shape index (κ2) is 7.65. The molecule has 20 heavy (non-hydrogen) atoms. The van der Waals surface area contributed by atoms with Crippen LogP contribution in [0.1, 0.15) is 57.6 Å². The normalized spacial score (nSPS) is 24.4. The van der Waals surface area contributed by atoms with Gasteiger partial charge in [-0.2, -0.15) is 0 Å². The average molecular weight is 277 g/mol. The molecule has 1 fully saturated rings. The van der Waals surface area contributed by atoms with E-state index < -0.39 is 0 Å². The summed E-state index contributed by atoms with van der Waals surface area (Å²) in [6.45, 7) is 5.25. The Balaban J connectivity index is 2.14. The summed E-state index contributed by atoms with van der Waals surface area (Å²) in [5, 5.41) is 13.6. The molecule has 0 heterocycles. The molecule has 112 valence electrons. The molecule has 0 radical (unpaired) electrons. The van der Waals surface area contributed by atoms with Crippen LogP contribution in [0.2, 0.25) is 0 Å². The maximum absolute atomic E-state index is 10.1. The van der Waals surface area contributed by atoms with E-state index in [0.29, 0.717) is 6.04 Å². The molecule has 0 bridgehead atoms. The smallest absolute Gasteiger partial charge is 0.124 e. The van der Waals surface area contributed by atoms with Crippen LogP contribution in [-0.4, -0.2) is 23.9 Å². The maximum atomic E-state index is 10.1. The second-order valence-corrected chi connectivity index (χ2v) is 5.56. The minimum Gasteiger partial charge on any atom is -0.487 e. The Bertz CT molecular complexity index is 408. The van der Waals surface area contributed by atoms with Crippen LogP contribution in [0.5, 0.6) is 5.75 Å². The van der Waals surface area contributed by atoms with E-state index in [1.54, 1.807) is 0 Å². The molecule has 3 nitrogen and oxygen atoms in total. The van der Waals surface area contributed by atoms with Crippen LogP contribution in [0.25, 0.3) is 0 Å². The molecule has 3 atom stereocenters. The predicted octanol–water partition coefficient (Wildman–Crippen LogP) is 3.43. The highest BCUT2D eigenvalue weighted by Gasteiger charge is 2.26. The molecule has 0 saturated heterocycles. The predicted molar refractivity (Wildman–Crippen MR) is 82.0 cm³/mol. The first-order chi connectivity index (χ1) is 9.76. The van der Waals surface area contributed by atoms with Gasteiger partial charge in [0.2, 0.25) is 0 Å². The van der Waals surface area contributed by atoms with Crippen LogP contribution in [0.4, 0.5) is 0 Å². The first-order valence-electron chi connectivity index (χ1n) is 7.93. The maximum Gasteiger partial charge on any atom is 0.124 e. The fourth-order valence-corrected chi connectivity index (χ4v) is 2.97. The summed E-state index contributed by atoms with van der Waals surface area (Å²) < 4.78 is 6.14. The van der Waals surface area contributed by atoms with E-state index in [0.717, 1.165) is 44.4 Å². The zero-order valence-corrected chi connectivity index (χ0v) is 12.6. The number of hydrogen-bond acceptors (Lipinski definition) is 3. The quantitative estimate of drug-likeness (QED) is 0.837. The highest BCUT2D eigenvalue weighted by Crippen LogP contribution is 2.30. The third-order valence-corrected chi connectivity index (χ3v) is 4.10. The zero-order chi connectivity index (χ0) is 14.4. The molecule has 0 aliphatic heterocycles. The number of hydrogen-bond donors (Lipinski definition) is 2. The number of rotatable bonds is 6. The number of nitrogens with one attached hydrogen (secondary N) is 1. The minimum atomic E-state index is -0.323. The minimum absolute atomic E-state index is 0.0518. The van der Waals surface area contributed by atoms with E-state index in [1.807, 2.05) is 12.1 Å². The lowest BCUT2D eigenvalue weighted by molar-refractivity contribution is 0.00613. The van der Waals surface area contributed by atoms with Crippen LogP contribution in [0, 0.1) is 0 Å². The lowest BCUT2D eigenvalue weighted by Crippen LogP contribution is -2.35. The largest absolute Gasteiger partial charge is 0.487 e. The molecule has 0 amide bonds. The van der Waals surface area contributed by atoms with Crippen molar-refractivity contribution in [3.63, 3.8) is 0 Å². The molecule has 3 unspecified atom stereocenters. The van der Waals surface area contributed by atoms with E-state index in [-0.39, 0.29) is 12.2 Å². The standard InChI is InChI=1S/C17H27NO2/c1-3-14(18-4-2)13-9-5-7-11-16(13)20-17-12-8-6-10-15(17)19/h5,7,9,11,14-15,17-19H,3-4,6,8,10,12H2,1-2H3. The van der Waals surface area contributed by atoms with Crippen molar-refractivity contribution in [1.82, 2.24) is 5.32 Å². The summed E-state index contributed by atoms with van der Waals surface area (Å²) in [5.74, 6) is 0.922. The topological polar surface area (TPSA) is 41.5 Å². The van der Waals surface area contributed by atoms with E-state index in [9.17, 15) is 5.11 Å². The van der Waals surface area contributed by atoms with Crippen molar-refractivity contribution < 1.29 is 9.84 Å². The van der Waals surface area contributed by atoms with Gasteiger partial charge in [-0.15, -0.1) is 0 Å². The summed E-state index contributed by atoms with van der Waals surface area (Å²) in [6.07, 6.45) is 4.72. The van der Waals surface area contributed by atoms with E-state index >= 15 is 0 Å². The molecular weight excluding hydrogens is 250 g/mol. The van der Waals surface area contributed by atoms with Gasteiger partial charge in [0.05, 0.1) is 6.10 Å². The fraction of sp³-hybridized carbons (Fsp3) is 0.647. The summed E-state index contributed by atoms with van der Waals surface area (Å²) in [6, 6.07) is 8.53. The molecule has 1 aliphatic rings. The number of ether oxygens (including phenoxy) is 1. The number of benzene rings is 1. The van der Waals surface area contributed by atoms with Gasteiger partial charge < -0.3 is 15.2 Å². The Morgan fingerprint density at radius 1 is 1.25 bits per heavy atom. The molecule has 0 aromatic heterocycles. The van der Waals surface area contributed by atoms with Crippen LogP contribution in [-0.2, 0) is 0 Å². The molecule has 1 aliphatic carbocycles. The van der Waals surface area contributed by atoms with Gasteiger partial charge in [0, 0.05) is 11.6 Å². The van der Waals surface area contributed by atoms with Crippen molar-refractivity contribution in [1.29, 1.82) is 0 Å². The Hall–Kier alpha value is -1.06. The van der Waals surface area contributed by atoms with Crippen LogP contribution in [0.15, 0.2) is 24.3 Å². The molecule has 1 saturated carbocycles. The number of aliphatic hydroxyl groups is 1. The molecule has 2 N–H and O–H groups in total. The van der Waals surface area contributed by atoms with Gasteiger partial charge in [-0.25, -0.2) is 0 Å². The third kappa shape index (κ3) is 3.74. The van der Waals surface area contributed by atoms with Gasteiger partial charge in [-0.3, -0.25) is 0 Å². The van der Waals surface area contributed by atoms with Crippen molar-refractivity contribution in [2.75, 3.05) is 6.54 Å². The first-order valence-corrected chi connectivity index (χ1v) is 7.93. The van der Waals surface area contributed by atoms with Crippen molar-refractivity contribution >= 4 is 0 Å². The number of aliphatic hydroxyl groups excluding tert-OH is 1.